The Morgan fingerprint density at radius 2 is 2.15 bits per heavy atom. The van der Waals surface area contributed by atoms with Gasteiger partial charge in [-0.25, -0.2) is 0 Å². The Labute approximate surface area is 115 Å². The molecule has 0 amide bonds. The molecule has 0 spiro atoms. The molecule has 0 radical (unpaired) electrons. The molecule has 0 aliphatic carbocycles. The van der Waals surface area contributed by atoms with Crippen LogP contribution in [0.25, 0.3) is 0 Å². The van der Waals surface area contributed by atoms with Gasteiger partial charge in [0.1, 0.15) is 12.1 Å². The molecule has 1 aliphatic heterocycles. The van der Waals surface area contributed by atoms with Crippen LogP contribution in [0, 0.1) is 22.7 Å². The zero-order chi connectivity index (χ0) is 9.19. The van der Waals surface area contributed by atoms with Crippen molar-refractivity contribution in [3.8, 4) is 12.1 Å². The molecule has 0 aromatic carbocycles. The average Bonchev–Trinajstić information content (AvgIpc) is 2.47. The van der Waals surface area contributed by atoms with Crippen LogP contribution in [0.2, 0.25) is 0 Å². The van der Waals surface area contributed by atoms with Gasteiger partial charge in [-0.2, -0.15) is 10.5 Å². The van der Waals surface area contributed by atoms with E-state index in [0.717, 1.165) is 0 Å². The zero-order valence-corrected chi connectivity index (χ0v) is 9.68. The van der Waals surface area contributed by atoms with E-state index in [1.165, 1.54) is 12.1 Å². The van der Waals surface area contributed by atoms with Crippen LogP contribution < -0.4 is 56.5 Å². The summed E-state index contributed by atoms with van der Waals surface area (Å²) in [7, 11) is 0. The number of nitrogens with zero attached hydrogens (tertiary/aromatic N) is 5. The quantitative estimate of drug-likeness (QED) is 0.395. The molecule has 58 valence electrons. The van der Waals surface area contributed by atoms with Gasteiger partial charge in [-0.3, -0.25) is 0 Å². The van der Waals surface area contributed by atoms with E-state index in [0.29, 0.717) is 0 Å². The van der Waals surface area contributed by atoms with E-state index in [-0.39, 0.29) is 51.4 Å². The molecule has 1 atom stereocenters. The van der Waals surface area contributed by atoms with Gasteiger partial charge in [0.25, 0.3) is 5.54 Å². The van der Waals surface area contributed by atoms with Gasteiger partial charge in [-0.05, 0) is 5.22 Å². The third kappa shape index (κ3) is 1.82. The summed E-state index contributed by atoms with van der Waals surface area (Å²) in [4.78, 5) is 10.4. The van der Waals surface area contributed by atoms with E-state index >= 15 is 0 Å². The van der Waals surface area contributed by atoms with Crippen molar-refractivity contribution in [1.82, 2.24) is 0 Å². The van der Waals surface area contributed by atoms with Gasteiger partial charge in [-0.15, -0.1) is 10.2 Å². The Balaban J connectivity index is 0.00000144. The molecule has 0 N–H and O–H groups in total. The van der Waals surface area contributed by atoms with Gasteiger partial charge in [0.05, 0.1) is 5.97 Å². The topological polar surface area (TPSA) is 125 Å². The van der Waals surface area contributed by atoms with Crippen LogP contribution in [0.4, 0.5) is 0 Å². The Kier molecular flexibility index (Phi) is 4.33. The van der Waals surface area contributed by atoms with E-state index in [1.54, 1.807) is 0 Å². The number of hydrogen-bond donors (Lipinski definition) is 0. The summed E-state index contributed by atoms with van der Waals surface area (Å²) < 4.78 is 0. The monoisotopic (exact) mass is 201 g/mol. The molecular weight excluding hydrogens is 201 g/mol. The van der Waals surface area contributed by atoms with Crippen molar-refractivity contribution in [2.45, 2.75) is 5.54 Å². The van der Waals surface area contributed by atoms with Crippen LogP contribution >= 0.6 is 0 Å². The van der Waals surface area contributed by atoms with Gasteiger partial charge < -0.3 is 9.90 Å². The molecule has 0 aromatic rings. The normalized spacial score (nSPS) is 23.7. The second-order valence-corrected chi connectivity index (χ2v) is 1.86. The van der Waals surface area contributed by atoms with E-state index in [4.69, 9.17) is 10.5 Å². The standard InChI is InChI=1S/C5HN5O2.K/c6-1-3-5(2-7,4(11)12)9-10-8-3;/h(H,11,12);/q;+1/p-1. The van der Waals surface area contributed by atoms with Crippen LogP contribution in [0.3, 0.4) is 0 Å². The van der Waals surface area contributed by atoms with Crippen LogP contribution in [0.1, 0.15) is 0 Å². The summed E-state index contributed by atoms with van der Waals surface area (Å²) in [5.74, 6) is -1.80. The molecule has 1 heterocycles. The molecule has 0 saturated carbocycles. The van der Waals surface area contributed by atoms with E-state index in [1.807, 2.05) is 0 Å². The fraction of sp³-hybridized carbons (Fsp3) is 0.200. The Bertz CT molecular complexity index is 375. The molecule has 7 nitrogen and oxygen atoms in total. The third-order valence-corrected chi connectivity index (χ3v) is 1.25. The summed E-state index contributed by atoms with van der Waals surface area (Å²) in [5, 5.41) is 36.2. The predicted molar refractivity (Wildman–Crippen MR) is 31.3 cm³/mol. The van der Waals surface area contributed by atoms with Gasteiger partial charge in [0.15, 0.2) is 5.71 Å². The third-order valence-electron chi connectivity index (χ3n) is 1.25. The maximum Gasteiger partial charge on any atom is 1.00 e. The molecule has 1 unspecified atom stereocenters. The van der Waals surface area contributed by atoms with E-state index in [2.05, 4.69) is 15.4 Å². The van der Waals surface area contributed by atoms with Gasteiger partial charge in [0.2, 0.25) is 0 Å². The maximum absolute atomic E-state index is 10.4. The number of carboxylic acids is 1. The van der Waals surface area contributed by atoms with Crippen LogP contribution in [-0.4, -0.2) is 17.2 Å². The first kappa shape index (κ1) is 12.4. The number of aliphatic carboxylic acids is 1. The zero-order valence-electron chi connectivity index (χ0n) is 6.55. The number of nitriles is 2. The summed E-state index contributed by atoms with van der Waals surface area (Å²) in [6.45, 7) is 0. The predicted octanol–water partition coefficient (Wildman–Crippen LogP) is -4.65. The van der Waals surface area contributed by atoms with Crippen molar-refractivity contribution in [2.75, 3.05) is 0 Å². The summed E-state index contributed by atoms with van der Waals surface area (Å²) in [5.41, 5.74) is -2.92. The number of rotatable bonds is 1. The Morgan fingerprint density at radius 3 is 2.46 bits per heavy atom. The largest absolute Gasteiger partial charge is 1.00 e. The number of hydrogen-bond acceptors (Lipinski definition) is 7. The van der Waals surface area contributed by atoms with Crippen molar-refractivity contribution in [3.63, 3.8) is 0 Å². The average molecular weight is 201 g/mol. The maximum atomic E-state index is 10.4. The fourth-order valence-corrected chi connectivity index (χ4v) is 0.616. The first-order chi connectivity index (χ1) is 5.67. The molecule has 1 rings (SSSR count). The molecule has 0 saturated heterocycles. The second kappa shape index (κ2) is 4.55. The molecule has 0 fully saturated rings. The molecule has 13 heavy (non-hydrogen) atoms. The molecule has 0 aromatic heterocycles. The summed E-state index contributed by atoms with van der Waals surface area (Å²) >= 11 is 0. The molecule has 0 bridgehead atoms. The molecule has 1 aliphatic rings. The second-order valence-electron chi connectivity index (χ2n) is 1.86. The van der Waals surface area contributed by atoms with Crippen molar-refractivity contribution >= 4 is 11.7 Å². The van der Waals surface area contributed by atoms with E-state index < -0.39 is 17.2 Å². The molecule has 8 heteroatoms. The van der Waals surface area contributed by atoms with Crippen molar-refractivity contribution in [2.24, 2.45) is 15.4 Å². The summed E-state index contributed by atoms with van der Waals surface area (Å²) in [6, 6.07) is 2.71. The fourth-order valence-electron chi connectivity index (χ4n) is 0.616. The minimum atomic E-state index is -2.34. The van der Waals surface area contributed by atoms with Crippen LogP contribution in [0.15, 0.2) is 15.4 Å². The SMILES string of the molecule is N#CC1=NN=NC1(C#N)C(=O)[O-].[K+]. The van der Waals surface area contributed by atoms with Crippen molar-refractivity contribution < 1.29 is 61.3 Å². The van der Waals surface area contributed by atoms with Gasteiger partial charge in [0, 0.05) is 0 Å². The minimum absolute atomic E-state index is 0. The van der Waals surface area contributed by atoms with Crippen molar-refractivity contribution in [3.05, 3.63) is 0 Å². The first-order valence-electron chi connectivity index (χ1n) is 2.70. The van der Waals surface area contributed by atoms with Crippen LogP contribution in [-0.2, 0) is 4.79 Å². The minimum Gasteiger partial charge on any atom is -0.546 e. The molecular formula is C5KN5O2. The smallest absolute Gasteiger partial charge is 0.546 e. The number of carbonyl (C=O) groups is 1. The Morgan fingerprint density at radius 1 is 1.54 bits per heavy atom. The van der Waals surface area contributed by atoms with Gasteiger partial charge in [-0.1, -0.05) is 0 Å². The van der Waals surface area contributed by atoms with Gasteiger partial charge >= 0.3 is 51.4 Å². The van der Waals surface area contributed by atoms with E-state index in [9.17, 15) is 9.90 Å². The Hall–Kier alpha value is -0.644. The number of carbonyl (C=O) groups excluding carboxylic acids is 1. The summed E-state index contributed by atoms with van der Waals surface area (Å²) in [6.07, 6.45) is 0. The number of carboxylic acid groups (broad SMARTS) is 1. The van der Waals surface area contributed by atoms with Crippen molar-refractivity contribution in [1.29, 1.82) is 10.5 Å². The van der Waals surface area contributed by atoms with Crippen LogP contribution in [0.5, 0.6) is 0 Å². The first-order valence-corrected chi connectivity index (χ1v) is 2.70.